The summed E-state index contributed by atoms with van der Waals surface area (Å²) in [5.41, 5.74) is 1.10. The predicted octanol–water partition coefficient (Wildman–Crippen LogP) is -0.0567. The molecule has 66 valence electrons. The summed E-state index contributed by atoms with van der Waals surface area (Å²) in [7, 11) is 0. The normalized spacial score (nSPS) is 19.7. The van der Waals surface area contributed by atoms with Gasteiger partial charge in [-0.2, -0.15) is 8.75 Å². The van der Waals surface area contributed by atoms with Crippen molar-refractivity contribution in [1.82, 2.24) is 19.0 Å². The van der Waals surface area contributed by atoms with Crippen LogP contribution >= 0.6 is 11.7 Å². The topological polar surface area (TPSA) is 41.1 Å². The van der Waals surface area contributed by atoms with Gasteiger partial charge in [0.25, 0.3) is 0 Å². The largest absolute Gasteiger partial charge is 0.314 e. The van der Waals surface area contributed by atoms with E-state index < -0.39 is 0 Å². The van der Waals surface area contributed by atoms with Gasteiger partial charge < -0.3 is 5.32 Å². The number of hydrogen-bond donors (Lipinski definition) is 1. The molecule has 0 aliphatic carbocycles. The molecule has 1 N–H and O–H groups in total. The van der Waals surface area contributed by atoms with Gasteiger partial charge in [0.05, 0.1) is 23.6 Å². The van der Waals surface area contributed by atoms with Gasteiger partial charge in [-0.1, -0.05) is 0 Å². The van der Waals surface area contributed by atoms with Crippen LogP contribution in [0.15, 0.2) is 6.20 Å². The first-order chi connectivity index (χ1) is 5.95. The zero-order valence-electron chi connectivity index (χ0n) is 6.86. The minimum atomic E-state index is 0.957. The third-order valence-electron chi connectivity index (χ3n) is 2.00. The molecular formula is C7H12N4S. The van der Waals surface area contributed by atoms with Crippen molar-refractivity contribution in [3.63, 3.8) is 0 Å². The standard InChI is InChI=1S/C7H12N4S/c1-3-11(4-2-8-1)6-7-5-9-12-10-7/h5,8H,1-4,6H2. The molecule has 12 heavy (non-hydrogen) atoms. The van der Waals surface area contributed by atoms with Crippen molar-refractivity contribution < 1.29 is 0 Å². The maximum Gasteiger partial charge on any atom is 0.0883 e. The molecule has 0 amide bonds. The van der Waals surface area contributed by atoms with Crippen LogP contribution in [0, 0.1) is 0 Å². The van der Waals surface area contributed by atoms with Crippen molar-refractivity contribution in [3.05, 3.63) is 11.9 Å². The molecule has 4 nitrogen and oxygen atoms in total. The van der Waals surface area contributed by atoms with Gasteiger partial charge in [0, 0.05) is 32.7 Å². The molecule has 0 atom stereocenters. The second-order valence-corrected chi connectivity index (χ2v) is 3.48. The number of rotatable bonds is 2. The predicted molar refractivity (Wildman–Crippen MR) is 48.1 cm³/mol. The van der Waals surface area contributed by atoms with E-state index in [1.807, 2.05) is 6.20 Å². The van der Waals surface area contributed by atoms with Crippen LogP contribution in [0.5, 0.6) is 0 Å². The van der Waals surface area contributed by atoms with Gasteiger partial charge in [-0.15, -0.1) is 0 Å². The highest BCUT2D eigenvalue weighted by molar-refractivity contribution is 6.99. The zero-order chi connectivity index (χ0) is 8.23. The smallest absolute Gasteiger partial charge is 0.0883 e. The molecule has 5 heteroatoms. The highest BCUT2D eigenvalue weighted by Crippen LogP contribution is 2.02. The third-order valence-corrected chi connectivity index (χ3v) is 2.52. The van der Waals surface area contributed by atoms with Gasteiger partial charge in [0.15, 0.2) is 0 Å². The highest BCUT2D eigenvalue weighted by atomic mass is 32.1. The van der Waals surface area contributed by atoms with Crippen LogP contribution in [-0.4, -0.2) is 39.8 Å². The number of hydrogen-bond acceptors (Lipinski definition) is 5. The van der Waals surface area contributed by atoms with E-state index >= 15 is 0 Å². The van der Waals surface area contributed by atoms with E-state index in [1.54, 1.807) is 0 Å². The SMILES string of the molecule is c1nsnc1CN1CCNCC1. The summed E-state index contributed by atoms with van der Waals surface area (Å²) in [5.74, 6) is 0. The van der Waals surface area contributed by atoms with E-state index in [4.69, 9.17) is 0 Å². The quantitative estimate of drug-likeness (QED) is 0.699. The fraction of sp³-hybridized carbons (Fsp3) is 0.714. The average molecular weight is 184 g/mol. The molecule has 1 aliphatic heterocycles. The van der Waals surface area contributed by atoms with Crippen molar-refractivity contribution in [1.29, 1.82) is 0 Å². The van der Waals surface area contributed by atoms with Gasteiger partial charge in [-0.3, -0.25) is 4.90 Å². The number of piperazine rings is 1. The Morgan fingerprint density at radius 2 is 2.33 bits per heavy atom. The first-order valence-electron chi connectivity index (χ1n) is 4.14. The second kappa shape index (κ2) is 3.93. The molecule has 0 bridgehead atoms. The van der Waals surface area contributed by atoms with E-state index in [0.29, 0.717) is 0 Å². The molecule has 1 saturated heterocycles. The van der Waals surface area contributed by atoms with Gasteiger partial charge in [0.1, 0.15) is 0 Å². The summed E-state index contributed by atoms with van der Waals surface area (Å²) in [5, 5.41) is 3.32. The summed E-state index contributed by atoms with van der Waals surface area (Å²) < 4.78 is 8.15. The lowest BCUT2D eigenvalue weighted by Crippen LogP contribution is -2.42. The van der Waals surface area contributed by atoms with E-state index in [-0.39, 0.29) is 0 Å². The highest BCUT2D eigenvalue weighted by Gasteiger charge is 2.10. The van der Waals surface area contributed by atoms with Crippen LogP contribution in [0.4, 0.5) is 0 Å². The maximum atomic E-state index is 4.18. The van der Waals surface area contributed by atoms with Crippen LogP contribution in [0.25, 0.3) is 0 Å². The molecular weight excluding hydrogens is 172 g/mol. The molecule has 2 heterocycles. The zero-order valence-corrected chi connectivity index (χ0v) is 7.68. The summed E-state index contributed by atoms with van der Waals surface area (Å²) in [6.07, 6.45) is 1.85. The van der Waals surface area contributed by atoms with Crippen LogP contribution in [0.1, 0.15) is 5.69 Å². The summed E-state index contributed by atoms with van der Waals surface area (Å²) in [4.78, 5) is 2.40. The van der Waals surface area contributed by atoms with Gasteiger partial charge >= 0.3 is 0 Å². The fourth-order valence-electron chi connectivity index (χ4n) is 1.35. The Hall–Kier alpha value is -0.520. The monoisotopic (exact) mass is 184 g/mol. The number of aromatic nitrogens is 2. The minimum Gasteiger partial charge on any atom is -0.314 e. The molecule has 2 rings (SSSR count). The lowest BCUT2D eigenvalue weighted by atomic mass is 10.3. The first-order valence-corrected chi connectivity index (χ1v) is 4.88. The lowest BCUT2D eigenvalue weighted by molar-refractivity contribution is 0.231. The summed E-state index contributed by atoms with van der Waals surface area (Å²) in [6.45, 7) is 5.39. The van der Waals surface area contributed by atoms with E-state index in [1.165, 1.54) is 11.7 Å². The van der Waals surface area contributed by atoms with Crippen molar-refractivity contribution in [2.24, 2.45) is 0 Å². The van der Waals surface area contributed by atoms with Crippen LogP contribution in [-0.2, 0) is 6.54 Å². The van der Waals surface area contributed by atoms with E-state index in [2.05, 4.69) is 19.0 Å². The molecule has 0 spiro atoms. The molecule has 1 aromatic rings. The molecule has 0 aromatic carbocycles. The van der Waals surface area contributed by atoms with Gasteiger partial charge in [0.2, 0.25) is 0 Å². The second-order valence-electron chi connectivity index (χ2n) is 2.92. The fourth-order valence-corrected chi connectivity index (χ4v) is 1.78. The van der Waals surface area contributed by atoms with Crippen LogP contribution < -0.4 is 5.32 Å². The van der Waals surface area contributed by atoms with Crippen molar-refractivity contribution in [2.75, 3.05) is 26.2 Å². The Kier molecular flexibility index (Phi) is 2.65. The molecule has 0 unspecified atom stereocenters. The van der Waals surface area contributed by atoms with Crippen molar-refractivity contribution in [3.8, 4) is 0 Å². The molecule has 0 radical (unpaired) electrons. The Balaban J connectivity index is 1.86. The lowest BCUT2D eigenvalue weighted by Gasteiger charge is -2.25. The van der Waals surface area contributed by atoms with Gasteiger partial charge in [-0.25, -0.2) is 0 Å². The van der Waals surface area contributed by atoms with Crippen LogP contribution in [0.3, 0.4) is 0 Å². The number of nitrogens with zero attached hydrogens (tertiary/aromatic N) is 3. The third kappa shape index (κ3) is 2.00. The minimum absolute atomic E-state index is 0.957. The average Bonchev–Trinajstić information content (AvgIpc) is 2.59. The molecule has 1 fully saturated rings. The Labute approximate surface area is 75.9 Å². The van der Waals surface area contributed by atoms with Crippen LogP contribution in [0.2, 0.25) is 0 Å². The van der Waals surface area contributed by atoms with E-state index in [0.717, 1.165) is 38.4 Å². The Bertz CT molecular complexity index is 217. The summed E-state index contributed by atoms with van der Waals surface area (Å²) >= 11 is 1.29. The first kappa shape index (κ1) is 8.10. The summed E-state index contributed by atoms with van der Waals surface area (Å²) in [6, 6.07) is 0. The maximum absolute atomic E-state index is 4.18. The van der Waals surface area contributed by atoms with E-state index in [9.17, 15) is 0 Å². The molecule has 0 saturated carbocycles. The number of nitrogens with one attached hydrogen (secondary N) is 1. The van der Waals surface area contributed by atoms with Crippen molar-refractivity contribution >= 4 is 11.7 Å². The Morgan fingerprint density at radius 3 is 3.00 bits per heavy atom. The molecule has 1 aliphatic rings. The van der Waals surface area contributed by atoms with Gasteiger partial charge in [-0.05, 0) is 0 Å². The van der Waals surface area contributed by atoms with Crippen molar-refractivity contribution in [2.45, 2.75) is 6.54 Å². The Morgan fingerprint density at radius 1 is 1.50 bits per heavy atom. The molecule has 1 aromatic heterocycles.